The van der Waals surface area contributed by atoms with Crippen molar-refractivity contribution in [1.82, 2.24) is 5.32 Å². The molecule has 1 unspecified atom stereocenters. The number of anilines is 1. The zero-order valence-corrected chi connectivity index (χ0v) is 13.3. The number of rotatable bonds is 4. The van der Waals surface area contributed by atoms with Crippen molar-refractivity contribution in [2.45, 2.75) is 38.1 Å². The number of halogens is 2. The molecule has 104 valence electrons. The molecule has 1 aromatic carbocycles. The Kier molecular flexibility index (Phi) is 4.87. The Bertz CT molecular complexity index is 473. The van der Waals surface area contributed by atoms with Gasteiger partial charge in [-0.05, 0) is 59.9 Å². The summed E-state index contributed by atoms with van der Waals surface area (Å²) in [5, 5.41) is 6.93. The molecule has 1 fully saturated rings. The van der Waals surface area contributed by atoms with Gasteiger partial charge in [0.2, 0.25) is 5.91 Å². The first-order valence-corrected chi connectivity index (χ1v) is 7.76. The Balaban J connectivity index is 2.12. The molecule has 0 aliphatic carbocycles. The fraction of sp³-hybridized carbons (Fsp3) is 0.500. The molecule has 1 aliphatic heterocycles. The van der Waals surface area contributed by atoms with Crippen LogP contribution < -0.4 is 10.6 Å². The lowest BCUT2D eigenvalue weighted by Gasteiger charge is -2.27. The molecule has 1 aliphatic rings. The summed E-state index contributed by atoms with van der Waals surface area (Å²) in [4.78, 5) is 12.5. The van der Waals surface area contributed by atoms with E-state index in [9.17, 15) is 4.79 Å². The standard InChI is InChI=1S/C14H18BrClN2O/c1-2-6-14(7-3-8-17-14)13(19)18-10-4-5-11(15)12(16)9-10/h4-5,9,17H,2-3,6-8H2,1H3,(H,18,19). The highest BCUT2D eigenvalue weighted by molar-refractivity contribution is 9.10. The molecule has 0 saturated carbocycles. The van der Waals surface area contributed by atoms with Gasteiger partial charge in [0.15, 0.2) is 0 Å². The summed E-state index contributed by atoms with van der Waals surface area (Å²) < 4.78 is 0.828. The monoisotopic (exact) mass is 344 g/mol. The van der Waals surface area contributed by atoms with Gasteiger partial charge in [0.1, 0.15) is 0 Å². The first-order valence-electron chi connectivity index (χ1n) is 6.59. The number of nitrogens with one attached hydrogen (secondary N) is 2. The summed E-state index contributed by atoms with van der Waals surface area (Å²) in [5.41, 5.74) is 0.330. The third kappa shape index (κ3) is 3.30. The van der Waals surface area contributed by atoms with Crippen molar-refractivity contribution < 1.29 is 4.79 Å². The number of carbonyl (C=O) groups is 1. The second kappa shape index (κ2) is 6.25. The molecule has 0 bridgehead atoms. The predicted molar refractivity (Wildman–Crippen MR) is 82.7 cm³/mol. The lowest BCUT2D eigenvalue weighted by Crippen LogP contribution is -2.50. The van der Waals surface area contributed by atoms with Gasteiger partial charge in [-0.1, -0.05) is 24.9 Å². The summed E-state index contributed by atoms with van der Waals surface area (Å²) in [7, 11) is 0. The first-order chi connectivity index (χ1) is 9.07. The highest BCUT2D eigenvalue weighted by atomic mass is 79.9. The van der Waals surface area contributed by atoms with E-state index in [1.165, 1.54) is 0 Å². The molecule has 1 saturated heterocycles. The van der Waals surface area contributed by atoms with Crippen LogP contribution in [0.15, 0.2) is 22.7 Å². The molecule has 2 rings (SSSR count). The minimum absolute atomic E-state index is 0.0465. The van der Waals surface area contributed by atoms with Gasteiger partial charge in [0, 0.05) is 10.2 Å². The SMILES string of the molecule is CCCC1(C(=O)Nc2ccc(Br)c(Cl)c2)CCCN1. The van der Waals surface area contributed by atoms with E-state index in [1.807, 2.05) is 12.1 Å². The van der Waals surface area contributed by atoms with Crippen molar-refractivity contribution in [1.29, 1.82) is 0 Å². The minimum atomic E-state index is -0.408. The molecule has 5 heteroatoms. The normalized spacial score (nSPS) is 22.5. The van der Waals surface area contributed by atoms with Crippen molar-refractivity contribution >= 4 is 39.1 Å². The van der Waals surface area contributed by atoms with Gasteiger partial charge in [-0.2, -0.15) is 0 Å². The largest absolute Gasteiger partial charge is 0.324 e. The van der Waals surface area contributed by atoms with Crippen molar-refractivity contribution in [2.24, 2.45) is 0 Å². The molecule has 1 heterocycles. The Morgan fingerprint density at radius 2 is 2.37 bits per heavy atom. The zero-order chi connectivity index (χ0) is 13.9. The van der Waals surface area contributed by atoms with Gasteiger partial charge in [0.05, 0.1) is 10.6 Å². The van der Waals surface area contributed by atoms with E-state index in [4.69, 9.17) is 11.6 Å². The van der Waals surface area contributed by atoms with Crippen molar-refractivity contribution in [3.8, 4) is 0 Å². The molecular weight excluding hydrogens is 328 g/mol. The highest BCUT2D eigenvalue weighted by Crippen LogP contribution is 2.29. The number of amides is 1. The lowest BCUT2D eigenvalue weighted by atomic mass is 9.91. The van der Waals surface area contributed by atoms with Crippen molar-refractivity contribution in [2.75, 3.05) is 11.9 Å². The Morgan fingerprint density at radius 3 is 2.95 bits per heavy atom. The van der Waals surface area contributed by atoms with Crippen LogP contribution in [0.5, 0.6) is 0 Å². The Labute approximate surface area is 127 Å². The van der Waals surface area contributed by atoms with E-state index >= 15 is 0 Å². The third-order valence-corrected chi connectivity index (χ3v) is 4.77. The quantitative estimate of drug-likeness (QED) is 0.867. The topological polar surface area (TPSA) is 41.1 Å². The number of carbonyl (C=O) groups excluding carboxylic acids is 1. The van der Waals surface area contributed by atoms with E-state index in [-0.39, 0.29) is 5.91 Å². The van der Waals surface area contributed by atoms with Crippen LogP contribution in [-0.4, -0.2) is 18.0 Å². The molecule has 0 spiro atoms. The summed E-state index contributed by atoms with van der Waals surface area (Å²) in [5.74, 6) is 0.0465. The molecule has 0 aromatic heterocycles. The van der Waals surface area contributed by atoms with Gasteiger partial charge >= 0.3 is 0 Å². The van der Waals surface area contributed by atoms with Crippen LogP contribution in [0.1, 0.15) is 32.6 Å². The highest BCUT2D eigenvalue weighted by Gasteiger charge is 2.39. The average molecular weight is 346 g/mol. The van der Waals surface area contributed by atoms with Crippen LogP contribution in [0.4, 0.5) is 5.69 Å². The van der Waals surface area contributed by atoms with E-state index in [0.717, 1.165) is 42.4 Å². The summed E-state index contributed by atoms with van der Waals surface area (Å²) >= 11 is 9.38. The number of benzene rings is 1. The smallest absolute Gasteiger partial charge is 0.244 e. The second-order valence-electron chi connectivity index (χ2n) is 4.95. The molecule has 1 aromatic rings. The Morgan fingerprint density at radius 1 is 1.58 bits per heavy atom. The molecular formula is C14H18BrClN2O. The number of hydrogen-bond acceptors (Lipinski definition) is 2. The van der Waals surface area contributed by atoms with Crippen LogP contribution in [0, 0.1) is 0 Å². The van der Waals surface area contributed by atoms with Gasteiger partial charge < -0.3 is 10.6 Å². The first kappa shape index (κ1) is 14.8. The van der Waals surface area contributed by atoms with E-state index < -0.39 is 5.54 Å². The van der Waals surface area contributed by atoms with E-state index in [0.29, 0.717) is 5.02 Å². The van der Waals surface area contributed by atoms with Gasteiger partial charge in [0.25, 0.3) is 0 Å². The summed E-state index contributed by atoms with van der Waals surface area (Å²) in [6.07, 6.45) is 3.80. The summed E-state index contributed by atoms with van der Waals surface area (Å²) in [6, 6.07) is 5.45. The molecule has 1 atom stereocenters. The average Bonchev–Trinajstić information content (AvgIpc) is 2.84. The van der Waals surface area contributed by atoms with Crippen LogP contribution in [0.25, 0.3) is 0 Å². The molecule has 2 N–H and O–H groups in total. The fourth-order valence-electron chi connectivity index (χ4n) is 2.58. The van der Waals surface area contributed by atoms with Gasteiger partial charge in [-0.25, -0.2) is 0 Å². The Hall–Kier alpha value is -0.580. The molecule has 3 nitrogen and oxygen atoms in total. The number of hydrogen-bond donors (Lipinski definition) is 2. The van der Waals surface area contributed by atoms with E-state index in [1.54, 1.807) is 6.07 Å². The zero-order valence-electron chi connectivity index (χ0n) is 10.9. The minimum Gasteiger partial charge on any atom is -0.324 e. The maximum atomic E-state index is 12.5. The fourth-order valence-corrected chi connectivity index (χ4v) is 3.01. The third-order valence-electron chi connectivity index (χ3n) is 3.53. The van der Waals surface area contributed by atoms with E-state index in [2.05, 4.69) is 33.5 Å². The molecule has 0 radical (unpaired) electrons. The molecule has 1 amide bonds. The van der Waals surface area contributed by atoms with Gasteiger partial charge in [-0.15, -0.1) is 0 Å². The van der Waals surface area contributed by atoms with Gasteiger partial charge in [-0.3, -0.25) is 4.79 Å². The van der Waals surface area contributed by atoms with Crippen LogP contribution >= 0.6 is 27.5 Å². The molecule has 19 heavy (non-hydrogen) atoms. The van der Waals surface area contributed by atoms with Crippen LogP contribution in [-0.2, 0) is 4.79 Å². The lowest BCUT2D eigenvalue weighted by molar-refractivity contribution is -0.122. The maximum Gasteiger partial charge on any atom is 0.244 e. The van der Waals surface area contributed by atoms with Crippen molar-refractivity contribution in [3.05, 3.63) is 27.7 Å². The van der Waals surface area contributed by atoms with Crippen molar-refractivity contribution in [3.63, 3.8) is 0 Å². The van der Waals surface area contributed by atoms with Crippen LogP contribution in [0.2, 0.25) is 5.02 Å². The second-order valence-corrected chi connectivity index (χ2v) is 6.21. The van der Waals surface area contributed by atoms with Crippen LogP contribution in [0.3, 0.4) is 0 Å². The predicted octanol–water partition coefficient (Wildman–Crippen LogP) is 3.96. The maximum absolute atomic E-state index is 12.5. The summed E-state index contributed by atoms with van der Waals surface area (Å²) in [6.45, 7) is 3.01.